The minimum Gasteiger partial charge on any atom is -0.449 e. The van der Waals surface area contributed by atoms with Crippen LogP contribution in [0.25, 0.3) is 0 Å². The maximum absolute atomic E-state index is 13.0. The number of nitrogens with one attached hydrogen (secondary N) is 1. The number of esters is 1. The Kier molecular flexibility index (Phi) is 7.92. The molecule has 2 aromatic carbocycles. The smallest absolute Gasteiger partial charge is 0.338 e. The van der Waals surface area contributed by atoms with Crippen LogP contribution in [0.4, 0.5) is 5.69 Å². The highest BCUT2D eigenvalue weighted by atomic mass is 32.2. The van der Waals surface area contributed by atoms with Crippen LogP contribution in [-0.2, 0) is 26.0 Å². The number of ether oxygens (including phenoxy) is 1. The predicted molar refractivity (Wildman–Crippen MR) is 127 cm³/mol. The molecule has 0 spiro atoms. The third-order valence-corrected chi connectivity index (χ3v) is 7.69. The zero-order valence-corrected chi connectivity index (χ0v) is 20.4. The fraction of sp³-hybridized carbons (Fsp3) is 0.440. The molecule has 1 fully saturated rings. The first-order valence-electron chi connectivity index (χ1n) is 11.3. The molecular weight excluding hydrogens is 440 g/mol. The van der Waals surface area contributed by atoms with Crippen LogP contribution in [-0.4, -0.2) is 43.8 Å². The molecule has 3 atom stereocenters. The van der Waals surface area contributed by atoms with Crippen LogP contribution in [0.5, 0.6) is 0 Å². The van der Waals surface area contributed by atoms with Gasteiger partial charge in [0.2, 0.25) is 10.0 Å². The Morgan fingerprint density at radius 2 is 1.61 bits per heavy atom. The van der Waals surface area contributed by atoms with Crippen molar-refractivity contribution in [1.82, 2.24) is 4.31 Å². The van der Waals surface area contributed by atoms with E-state index < -0.39 is 28.0 Å². The van der Waals surface area contributed by atoms with Crippen LogP contribution in [0.1, 0.15) is 50.0 Å². The number of carbonyl (C=O) groups excluding carboxylic acids is 2. The molecule has 8 heteroatoms. The Balaban J connectivity index is 1.61. The zero-order chi connectivity index (χ0) is 24.2. The second-order valence-electron chi connectivity index (χ2n) is 8.88. The van der Waals surface area contributed by atoms with Gasteiger partial charge in [-0.2, -0.15) is 4.31 Å². The van der Waals surface area contributed by atoms with Gasteiger partial charge in [-0.3, -0.25) is 4.79 Å². The molecule has 0 unspecified atom stereocenters. The summed E-state index contributed by atoms with van der Waals surface area (Å²) < 4.78 is 32.8. The van der Waals surface area contributed by atoms with Crippen LogP contribution >= 0.6 is 0 Å². The van der Waals surface area contributed by atoms with E-state index in [0.717, 1.165) is 18.4 Å². The Morgan fingerprint density at radius 3 is 2.15 bits per heavy atom. The minimum absolute atomic E-state index is 0.140. The van der Waals surface area contributed by atoms with Gasteiger partial charge in [0.05, 0.1) is 10.5 Å². The molecule has 1 aliphatic rings. The summed E-state index contributed by atoms with van der Waals surface area (Å²) >= 11 is 0. The predicted octanol–water partition coefficient (Wildman–Crippen LogP) is 4.10. The number of piperidine rings is 1. The first-order chi connectivity index (χ1) is 15.6. The van der Waals surface area contributed by atoms with Gasteiger partial charge in [-0.15, -0.1) is 0 Å². The summed E-state index contributed by atoms with van der Waals surface area (Å²) in [7, 11) is -3.63. The van der Waals surface area contributed by atoms with Crippen molar-refractivity contribution in [2.45, 2.75) is 51.5 Å². The molecule has 178 valence electrons. The van der Waals surface area contributed by atoms with Gasteiger partial charge in [-0.25, -0.2) is 13.2 Å². The molecule has 33 heavy (non-hydrogen) atoms. The van der Waals surface area contributed by atoms with Gasteiger partial charge < -0.3 is 10.1 Å². The van der Waals surface area contributed by atoms with E-state index in [1.807, 2.05) is 19.1 Å². The maximum Gasteiger partial charge on any atom is 0.338 e. The molecule has 1 aliphatic heterocycles. The largest absolute Gasteiger partial charge is 0.449 e. The highest BCUT2D eigenvalue weighted by molar-refractivity contribution is 7.89. The molecule has 0 saturated carbocycles. The minimum atomic E-state index is -3.63. The van der Waals surface area contributed by atoms with Gasteiger partial charge in [0.15, 0.2) is 6.10 Å². The first-order valence-corrected chi connectivity index (χ1v) is 12.7. The van der Waals surface area contributed by atoms with Crippen LogP contribution in [0.15, 0.2) is 53.4 Å². The summed E-state index contributed by atoms with van der Waals surface area (Å²) in [6.07, 6.45) is 0.897. The maximum atomic E-state index is 13.0. The number of amides is 1. The second-order valence-corrected chi connectivity index (χ2v) is 10.8. The lowest BCUT2D eigenvalue weighted by atomic mass is 9.94. The van der Waals surface area contributed by atoms with Crippen LogP contribution < -0.4 is 5.32 Å². The topological polar surface area (TPSA) is 92.8 Å². The molecule has 0 radical (unpaired) electrons. The lowest BCUT2D eigenvalue weighted by molar-refractivity contribution is -0.123. The quantitative estimate of drug-likeness (QED) is 0.613. The Morgan fingerprint density at radius 1 is 1.03 bits per heavy atom. The Hall–Kier alpha value is -2.71. The number of sulfonamides is 1. The fourth-order valence-corrected chi connectivity index (χ4v) is 5.74. The molecule has 1 heterocycles. The number of hydrogen-bond donors (Lipinski definition) is 1. The summed E-state index contributed by atoms with van der Waals surface area (Å²) in [4.78, 5) is 25.0. The summed E-state index contributed by atoms with van der Waals surface area (Å²) in [6, 6.07) is 13.1. The van der Waals surface area contributed by atoms with Crippen LogP contribution in [0.3, 0.4) is 0 Å². The molecular formula is C25H32N2O5S. The molecule has 1 saturated heterocycles. The Bertz CT molecular complexity index is 1070. The second kappa shape index (κ2) is 10.5. The van der Waals surface area contributed by atoms with E-state index >= 15 is 0 Å². The standard InChI is InChI=1S/C25H32N2O5S/c1-5-20-6-10-22(11-7-20)26-24(28)19(4)32-25(29)21-8-12-23(13-9-21)33(30,31)27-15-17(2)14-18(3)16-27/h6-13,17-19H,5,14-16H2,1-4H3,(H,26,28)/t17-,18-,19+/m0/s1. The van der Waals surface area contributed by atoms with E-state index in [9.17, 15) is 18.0 Å². The lowest BCUT2D eigenvalue weighted by Gasteiger charge is -2.34. The van der Waals surface area contributed by atoms with Crippen molar-refractivity contribution in [2.75, 3.05) is 18.4 Å². The number of carbonyl (C=O) groups is 2. The molecule has 2 aromatic rings. The van der Waals surface area contributed by atoms with Crippen LogP contribution in [0.2, 0.25) is 0 Å². The number of aryl methyl sites for hydroxylation is 1. The van der Waals surface area contributed by atoms with Crippen molar-refractivity contribution in [3.63, 3.8) is 0 Å². The van der Waals surface area contributed by atoms with E-state index in [1.165, 1.54) is 35.5 Å². The number of nitrogens with zero attached hydrogens (tertiary/aromatic N) is 1. The summed E-state index contributed by atoms with van der Waals surface area (Å²) in [5, 5.41) is 2.72. The molecule has 0 aromatic heterocycles. The highest BCUT2D eigenvalue weighted by Crippen LogP contribution is 2.27. The van der Waals surface area contributed by atoms with Gasteiger partial charge >= 0.3 is 5.97 Å². The first kappa shape index (κ1) is 24.9. The van der Waals surface area contributed by atoms with Crippen LogP contribution in [0, 0.1) is 11.8 Å². The van der Waals surface area contributed by atoms with Crippen molar-refractivity contribution in [3.05, 3.63) is 59.7 Å². The lowest BCUT2D eigenvalue weighted by Crippen LogP contribution is -2.42. The van der Waals surface area contributed by atoms with Gasteiger partial charge in [-0.05, 0) is 73.6 Å². The number of anilines is 1. The SMILES string of the molecule is CCc1ccc(NC(=O)[C@@H](C)OC(=O)c2ccc(S(=O)(=O)N3C[C@@H](C)C[C@H](C)C3)cc2)cc1. The highest BCUT2D eigenvalue weighted by Gasteiger charge is 2.31. The summed E-state index contributed by atoms with van der Waals surface area (Å²) in [6.45, 7) is 8.62. The van der Waals surface area contributed by atoms with Crippen molar-refractivity contribution in [2.24, 2.45) is 11.8 Å². The summed E-state index contributed by atoms with van der Waals surface area (Å²) in [5.41, 5.74) is 1.96. The number of hydrogen-bond acceptors (Lipinski definition) is 5. The monoisotopic (exact) mass is 472 g/mol. The Labute approximate surface area is 196 Å². The molecule has 3 rings (SSSR count). The van der Waals surface area contributed by atoms with E-state index in [-0.39, 0.29) is 10.5 Å². The molecule has 0 aliphatic carbocycles. The zero-order valence-electron chi connectivity index (χ0n) is 19.6. The van der Waals surface area contributed by atoms with Crippen molar-refractivity contribution in [1.29, 1.82) is 0 Å². The summed E-state index contributed by atoms with van der Waals surface area (Å²) in [5.74, 6) is -0.534. The fourth-order valence-electron chi connectivity index (χ4n) is 4.06. The third-order valence-electron chi connectivity index (χ3n) is 5.85. The van der Waals surface area contributed by atoms with Gasteiger partial charge in [-0.1, -0.05) is 32.9 Å². The number of rotatable bonds is 7. The third kappa shape index (κ3) is 6.21. The van der Waals surface area contributed by atoms with Gasteiger partial charge in [0, 0.05) is 18.8 Å². The van der Waals surface area contributed by atoms with Crippen molar-refractivity contribution in [3.8, 4) is 0 Å². The van der Waals surface area contributed by atoms with Gasteiger partial charge in [0.25, 0.3) is 5.91 Å². The average Bonchev–Trinajstić information content (AvgIpc) is 2.79. The molecule has 0 bridgehead atoms. The molecule has 1 N–H and O–H groups in total. The van der Waals surface area contributed by atoms with Crippen molar-refractivity contribution >= 4 is 27.6 Å². The molecule has 1 amide bonds. The van der Waals surface area contributed by atoms with E-state index in [4.69, 9.17) is 4.74 Å². The van der Waals surface area contributed by atoms with E-state index in [2.05, 4.69) is 19.2 Å². The average molecular weight is 473 g/mol. The van der Waals surface area contributed by atoms with Gasteiger partial charge in [0.1, 0.15) is 0 Å². The normalized spacial score (nSPS) is 20.1. The van der Waals surface area contributed by atoms with E-state index in [1.54, 1.807) is 12.1 Å². The number of benzene rings is 2. The van der Waals surface area contributed by atoms with E-state index in [0.29, 0.717) is 30.6 Å². The molecule has 7 nitrogen and oxygen atoms in total. The van der Waals surface area contributed by atoms with Crippen molar-refractivity contribution < 1.29 is 22.7 Å².